The number of carbonyl (C=O) groups excluding carboxylic acids is 3. The Labute approximate surface area is 120 Å². The molecule has 0 fully saturated rings. The molecule has 0 aliphatic carbocycles. The van der Waals surface area contributed by atoms with Crippen LogP contribution < -0.4 is 10.6 Å². The molecule has 6 nitrogen and oxygen atoms in total. The van der Waals surface area contributed by atoms with E-state index in [0.29, 0.717) is 6.42 Å². The largest absolute Gasteiger partial charge is 0.467 e. The van der Waals surface area contributed by atoms with Gasteiger partial charge in [0.15, 0.2) is 0 Å². The number of rotatable bonds is 3. The van der Waals surface area contributed by atoms with Crippen molar-refractivity contribution in [2.75, 3.05) is 7.11 Å². The van der Waals surface area contributed by atoms with Gasteiger partial charge in [0.25, 0.3) is 0 Å². The van der Waals surface area contributed by atoms with E-state index < -0.39 is 29.4 Å². The van der Waals surface area contributed by atoms with Crippen LogP contribution in [-0.4, -0.2) is 36.5 Å². The Morgan fingerprint density at radius 1 is 1.00 bits per heavy atom. The minimum Gasteiger partial charge on any atom is -0.467 e. The van der Waals surface area contributed by atoms with E-state index in [-0.39, 0.29) is 5.41 Å². The van der Waals surface area contributed by atoms with E-state index in [0.717, 1.165) is 0 Å². The van der Waals surface area contributed by atoms with Crippen molar-refractivity contribution in [1.82, 2.24) is 10.6 Å². The van der Waals surface area contributed by atoms with Gasteiger partial charge in [0, 0.05) is 5.54 Å². The first-order valence-corrected chi connectivity index (χ1v) is 6.56. The Morgan fingerprint density at radius 2 is 1.50 bits per heavy atom. The molecule has 2 amide bonds. The molecule has 6 heteroatoms. The zero-order valence-electron chi connectivity index (χ0n) is 13.4. The van der Waals surface area contributed by atoms with Crippen LogP contribution in [0.1, 0.15) is 48.0 Å². The highest BCUT2D eigenvalue weighted by atomic mass is 16.5. The minimum absolute atomic E-state index is 0.188. The molecule has 0 aromatic rings. The molecule has 0 heterocycles. The van der Waals surface area contributed by atoms with E-state index in [2.05, 4.69) is 15.4 Å². The molecule has 0 spiro atoms. The van der Waals surface area contributed by atoms with Crippen LogP contribution in [0.3, 0.4) is 0 Å². The fraction of sp³-hybridized carbons (Fsp3) is 0.786. The second kappa shape index (κ2) is 6.72. The zero-order valence-corrected chi connectivity index (χ0v) is 13.4. The number of esters is 1. The summed E-state index contributed by atoms with van der Waals surface area (Å²) < 4.78 is 4.65. The fourth-order valence-corrected chi connectivity index (χ4v) is 1.57. The molecule has 1 atom stereocenters. The average Bonchev–Trinajstić information content (AvgIpc) is 2.22. The quantitative estimate of drug-likeness (QED) is 0.598. The first-order valence-electron chi connectivity index (χ1n) is 6.56. The molecule has 0 saturated heterocycles. The number of hydrogen-bond acceptors (Lipinski definition) is 4. The van der Waals surface area contributed by atoms with Crippen LogP contribution in [0.15, 0.2) is 0 Å². The van der Waals surface area contributed by atoms with Crippen LogP contribution in [-0.2, 0) is 19.1 Å². The van der Waals surface area contributed by atoms with Gasteiger partial charge in [-0.3, -0.25) is 9.59 Å². The normalized spacial score (nSPS) is 13.3. The van der Waals surface area contributed by atoms with E-state index in [4.69, 9.17) is 0 Å². The van der Waals surface area contributed by atoms with E-state index in [1.807, 2.05) is 20.8 Å². The first kappa shape index (κ1) is 18.4. The number of carbonyl (C=O) groups is 3. The van der Waals surface area contributed by atoms with Crippen molar-refractivity contribution < 1.29 is 19.1 Å². The number of nitrogens with one attached hydrogen (secondary N) is 2. The van der Waals surface area contributed by atoms with Gasteiger partial charge in [0.2, 0.25) is 0 Å². The number of methoxy groups -OCH3 is 1. The van der Waals surface area contributed by atoms with Crippen molar-refractivity contribution in [3.63, 3.8) is 0 Å². The van der Waals surface area contributed by atoms with Gasteiger partial charge in [-0.15, -0.1) is 0 Å². The molecule has 0 aromatic carbocycles. The maximum Gasteiger partial charge on any atom is 0.328 e. The molecule has 0 saturated carbocycles. The molecular formula is C14H26N2O4. The number of hydrogen-bond donors (Lipinski definition) is 2. The van der Waals surface area contributed by atoms with Gasteiger partial charge in [-0.05, 0) is 32.6 Å². The monoisotopic (exact) mass is 286 g/mol. The average molecular weight is 286 g/mol. The number of amides is 2. The summed E-state index contributed by atoms with van der Waals surface area (Å²) in [6.45, 7) is 11.1. The summed E-state index contributed by atoms with van der Waals surface area (Å²) in [7, 11) is 1.25. The van der Waals surface area contributed by atoms with Gasteiger partial charge in [-0.1, -0.05) is 20.8 Å². The number of ether oxygens (including phenoxy) is 1. The highest BCUT2D eigenvalue weighted by Crippen LogP contribution is 2.21. The van der Waals surface area contributed by atoms with Gasteiger partial charge < -0.3 is 15.4 Å². The van der Waals surface area contributed by atoms with Crippen molar-refractivity contribution in [3.05, 3.63) is 0 Å². The third-order valence-corrected chi connectivity index (χ3v) is 2.30. The fourth-order valence-electron chi connectivity index (χ4n) is 1.57. The molecule has 0 rings (SSSR count). The third kappa shape index (κ3) is 7.76. The molecule has 0 aliphatic heterocycles. The van der Waals surface area contributed by atoms with Crippen LogP contribution in [0.2, 0.25) is 0 Å². The smallest absolute Gasteiger partial charge is 0.328 e. The van der Waals surface area contributed by atoms with Crippen molar-refractivity contribution in [2.45, 2.75) is 59.5 Å². The van der Waals surface area contributed by atoms with Crippen LogP contribution in [0, 0.1) is 5.41 Å². The molecule has 116 valence electrons. The molecule has 0 aromatic heterocycles. The summed E-state index contributed by atoms with van der Waals surface area (Å²) in [6.07, 6.45) is 0.383. The van der Waals surface area contributed by atoms with Gasteiger partial charge in [0.1, 0.15) is 6.04 Å². The summed E-state index contributed by atoms with van der Waals surface area (Å²) in [5.41, 5.74) is -0.703. The zero-order chi connectivity index (χ0) is 16.1. The molecular weight excluding hydrogens is 260 g/mol. The topological polar surface area (TPSA) is 84.5 Å². The second-order valence-electron chi connectivity index (χ2n) is 7.02. The summed E-state index contributed by atoms with van der Waals surface area (Å²) in [6, 6.07) is -0.835. The predicted molar refractivity (Wildman–Crippen MR) is 75.9 cm³/mol. The van der Waals surface area contributed by atoms with Crippen LogP contribution in [0.5, 0.6) is 0 Å². The molecule has 2 N–H and O–H groups in total. The molecule has 20 heavy (non-hydrogen) atoms. The Kier molecular flexibility index (Phi) is 6.19. The van der Waals surface area contributed by atoms with Crippen molar-refractivity contribution in [3.8, 4) is 0 Å². The van der Waals surface area contributed by atoms with Crippen molar-refractivity contribution in [1.29, 1.82) is 0 Å². The molecule has 0 aliphatic rings. The lowest BCUT2D eigenvalue weighted by Crippen LogP contribution is -2.52. The lowest BCUT2D eigenvalue weighted by molar-refractivity contribution is -0.148. The Morgan fingerprint density at radius 3 is 1.85 bits per heavy atom. The van der Waals surface area contributed by atoms with Gasteiger partial charge in [0.05, 0.1) is 7.11 Å². The third-order valence-electron chi connectivity index (χ3n) is 2.30. The standard InChI is InChI=1S/C14H26N2O4/c1-13(2,3)8-9(12(19)20-7)15-10(17)11(18)16-14(4,5)6/h9H,8H2,1-7H3,(H,15,17)(H,16,18)/t9-/m0/s1. The van der Waals surface area contributed by atoms with Crippen molar-refractivity contribution >= 4 is 17.8 Å². The molecule has 0 bridgehead atoms. The van der Waals surface area contributed by atoms with Gasteiger partial charge in [-0.2, -0.15) is 0 Å². The Bertz CT molecular complexity index is 378. The van der Waals surface area contributed by atoms with E-state index >= 15 is 0 Å². The van der Waals surface area contributed by atoms with Gasteiger partial charge >= 0.3 is 17.8 Å². The van der Waals surface area contributed by atoms with Crippen LogP contribution >= 0.6 is 0 Å². The summed E-state index contributed by atoms with van der Waals surface area (Å²) in [5.74, 6) is -2.16. The summed E-state index contributed by atoms with van der Waals surface area (Å²) in [4.78, 5) is 35.2. The highest BCUT2D eigenvalue weighted by molar-refractivity contribution is 6.35. The lowest BCUT2D eigenvalue weighted by atomic mass is 9.88. The molecule has 0 radical (unpaired) electrons. The maximum atomic E-state index is 11.8. The second-order valence-corrected chi connectivity index (χ2v) is 7.02. The summed E-state index contributed by atoms with van der Waals surface area (Å²) in [5, 5.41) is 4.96. The predicted octanol–water partition coefficient (Wildman–Crippen LogP) is 0.995. The maximum absolute atomic E-state index is 11.8. The van der Waals surface area contributed by atoms with Crippen LogP contribution in [0.25, 0.3) is 0 Å². The van der Waals surface area contributed by atoms with Crippen LogP contribution in [0.4, 0.5) is 0 Å². The lowest BCUT2D eigenvalue weighted by Gasteiger charge is -2.25. The first-order chi connectivity index (χ1) is 8.85. The summed E-state index contributed by atoms with van der Waals surface area (Å²) >= 11 is 0. The van der Waals surface area contributed by atoms with Crippen molar-refractivity contribution in [2.24, 2.45) is 5.41 Å². The Balaban J connectivity index is 4.78. The Hall–Kier alpha value is -1.59. The van der Waals surface area contributed by atoms with E-state index in [9.17, 15) is 14.4 Å². The van der Waals surface area contributed by atoms with E-state index in [1.165, 1.54) is 7.11 Å². The minimum atomic E-state index is -0.835. The molecule has 0 unspecified atom stereocenters. The van der Waals surface area contributed by atoms with Gasteiger partial charge in [-0.25, -0.2) is 4.79 Å². The SMILES string of the molecule is COC(=O)[C@H](CC(C)(C)C)NC(=O)C(=O)NC(C)(C)C. The van der Waals surface area contributed by atoms with E-state index in [1.54, 1.807) is 20.8 Å². The highest BCUT2D eigenvalue weighted by Gasteiger charge is 2.30.